The Morgan fingerprint density at radius 3 is 2.62 bits per heavy atom. The van der Waals surface area contributed by atoms with E-state index in [9.17, 15) is 20.0 Å². The molecule has 0 saturated carbocycles. The van der Waals surface area contributed by atoms with Gasteiger partial charge < -0.3 is 19.7 Å². The van der Waals surface area contributed by atoms with Crippen molar-refractivity contribution in [1.29, 1.82) is 0 Å². The van der Waals surface area contributed by atoms with Gasteiger partial charge in [-0.3, -0.25) is 4.90 Å². The molecule has 8 heteroatoms. The predicted octanol–water partition coefficient (Wildman–Crippen LogP) is 2.78. The summed E-state index contributed by atoms with van der Waals surface area (Å²) >= 11 is 0. The Kier molecular flexibility index (Phi) is 3.22. The number of benzene rings is 3. The molecule has 32 heavy (non-hydrogen) atoms. The smallest absolute Gasteiger partial charge is 0.408 e. The normalized spacial score (nSPS) is 16.2. The van der Waals surface area contributed by atoms with Crippen LogP contribution in [0, 0.1) is 0 Å². The number of amides is 1. The van der Waals surface area contributed by atoms with Gasteiger partial charge in [0.2, 0.25) is 5.36 Å². The molecule has 4 rings (SSSR count). The lowest BCUT2D eigenvalue weighted by Crippen LogP contribution is -2.30. The Morgan fingerprint density at radius 1 is 1.09 bits per heavy atom. The highest BCUT2D eigenvalue weighted by Gasteiger charge is 2.22. The quantitative estimate of drug-likeness (QED) is 0.227. The first-order valence-corrected chi connectivity index (χ1v) is 9.06. The maximum Gasteiger partial charge on any atom is 0.408 e. The number of hydrogen-bond donors (Lipinski definition) is 1. The molecule has 1 aliphatic carbocycles. The molecule has 1 heterocycles. The first kappa shape index (κ1) is 12.6. The molecule has 0 saturated heterocycles. The molecule has 0 spiro atoms. The maximum absolute atomic E-state index is 12.1. The molecule has 2 aromatic rings. The standard InChI is InChI=1S/C24H20N2O6/c1-25(2)14-8-10-18-20(12-14)31-21-13-15(26(3)24(29)32-30)9-11-19(21)22(18)16-6-4-5-7-17(16)23(27)28/h4-13H,1-3H3,(H-,27,28,30)/i1D3,2D3,3D3. The molecule has 1 amide bonds. The van der Waals surface area contributed by atoms with Gasteiger partial charge in [-0.1, -0.05) is 18.2 Å². The van der Waals surface area contributed by atoms with Gasteiger partial charge in [-0.2, -0.15) is 0 Å². The molecule has 0 fully saturated rings. The number of rotatable bonds is 3. The molecular weight excluding hydrogens is 412 g/mol. The summed E-state index contributed by atoms with van der Waals surface area (Å²) in [5.74, 6) is -1.36. The summed E-state index contributed by atoms with van der Waals surface area (Å²) in [6.45, 7) is -9.31. The highest BCUT2D eigenvalue weighted by atomic mass is 17.1. The highest BCUT2D eigenvalue weighted by Crippen LogP contribution is 2.41. The highest BCUT2D eigenvalue weighted by molar-refractivity contribution is 6.08. The van der Waals surface area contributed by atoms with E-state index in [4.69, 9.17) is 16.8 Å². The minimum Gasteiger partial charge on any atom is -0.660 e. The minimum atomic E-state index is -3.14. The number of aromatic carboxylic acids is 1. The molecule has 2 aliphatic rings. The van der Waals surface area contributed by atoms with Crippen LogP contribution in [0.3, 0.4) is 0 Å². The van der Waals surface area contributed by atoms with Crippen LogP contribution in [0.1, 0.15) is 22.7 Å². The lowest BCUT2D eigenvalue weighted by Gasteiger charge is -2.20. The number of nitrogens with zero attached hydrogens (tertiary/aromatic N) is 2. The first-order valence-electron chi connectivity index (χ1n) is 13.6. The van der Waals surface area contributed by atoms with Gasteiger partial charge in [0.25, 0.3) is 0 Å². The van der Waals surface area contributed by atoms with Gasteiger partial charge in [-0.25, -0.2) is 14.2 Å². The lowest BCUT2D eigenvalue weighted by atomic mass is 9.90. The second kappa shape index (κ2) is 8.16. The zero-order valence-electron chi connectivity index (χ0n) is 25.2. The Balaban J connectivity index is 2.19. The fraction of sp³-hybridized carbons (Fsp3) is 0.125. The SMILES string of the molecule is [2H]C([2H])([2H])N(C(=O)O[O-])c1ccc2c(-c3ccccc3C(=O)O)c3ccc(=[N+](C([2H])([2H])[2H])C([2H])([2H])[2H])cc-3oc2c1. The average Bonchev–Trinajstić information content (AvgIpc) is 2.84. The monoisotopic (exact) mass is 441 g/mol. The molecule has 0 radical (unpaired) electrons. The van der Waals surface area contributed by atoms with Gasteiger partial charge in [0.05, 0.1) is 25.5 Å². The molecular formula is C24H20N2O6. The van der Waals surface area contributed by atoms with E-state index in [0.717, 1.165) is 12.1 Å². The van der Waals surface area contributed by atoms with Gasteiger partial charge in [0.15, 0.2) is 0 Å². The topological polar surface area (TPSA) is 106 Å². The number of fused-ring (bicyclic) bond motifs is 2. The first-order chi connectivity index (χ1) is 18.9. The lowest BCUT2D eigenvalue weighted by molar-refractivity contribution is -0.653. The molecule has 162 valence electrons. The van der Waals surface area contributed by atoms with Crippen molar-refractivity contribution in [3.05, 3.63) is 71.6 Å². The van der Waals surface area contributed by atoms with E-state index in [2.05, 4.69) is 4.89 Å². The summed E-state index contributed by atoms with van der Waals surface area (Å²) in [6.07, 6.45) is -1.73. The number of anilines is 1. The number of carbonyl (C=O) groups is 2. The Hall–Kier alpha value is -4.17. The molecule has 1 N–H and O–H groups in total. The molecule has 8 nitrogen and oxygen atoms in total. The van der Waals surface area contributed by atoms with Crippen molar-refractivity contribution in [3.63, 3.8) is 0 Å². The summed E-state index contributed by atoms with van der Waals surface area (Å²) in [5.41, 5.74) is 0.205. The maximum atomic E-state index is 12.1. The van der Waals surface area contributed by atoms with Gasteiger partial charge >= 0.3 is 12.1 Å². The third-order valence-electron chi connectivity index (χ3n) is 4.89. The second-order valence-corrected chi connectivity index (χ2v) is 6.71. The van der Waals surface area contributed by atoms with Crippen molar-refractivity contribution in [2.45, 2.75) is 0 Å². The summed E-state index contributed by atoms with van der Waals surface area (Å²) in [4.78, 5) is 27.6. The predicted molar refractivity (Wildman–Crippen MR) is 117 cm³/mol. The van der Waals surface area contributed by atoms with Gasteiger partial charge in [0.1, 0.15) is 25.3 Å². The molecule has 2 aromatic carbocycles. The Morgan fingerprint density at radius 2 is 1.91 bits per heavy atom. The van der Waals surface area contributed by atoms with Gasteiger partial charge in [-0.15, -0.1) is 0 Å². The fourth-order valence-electron chi connectivity index (χ4n) is 3.47. The van der Waals surface area contributed by atoms with Crippen molar-refractivity contribution in [3.8, 4) is 22.5 Å². The zero-order chi connectivity index (χ0) is 30.5. The number of hydrogen-bond acceptors (Lipinski definition) is 5. The van der Waals surface area contributed by atoms with Crippen LogP contribution in [0.2, 0.25) is 0 Å². The zero-order valence-corrected chi connectivity index (χ0v) is 16.2. The number of carboxylic acids is 1. The van der Waals surface area contributed by atoms with Crippen LogP contribution in [-0.2, 0) is 4.89 Å². The molecule has 0 unspecified atom stereocenters. The van der Waals surface area contributed by atoms with E-state index >= 15 is 0 Å². The summed E-state index contributed by atoms with van der Waals surface area (Å²) < 4.78 is 75.6. The third kappa shape index (κ3) is 3.57. The van der Waals surface area contributed by atoms with E-state index in [1.807, 2.05) is 0 Å². The minimum absolute atomic E-state index is 0.0901. The molecule has 0 aromatic heterocycles. The average molecular weight is 441 g/mol. The summed E-state index contributed by atoms with van der Waals surface area (Å²) in [6, 6.07) is 13.4. The van der Waals surface area contributed by atoms with Crippen molar-refractivity contribution in [2.75, 3.05) is 25.8 Å². The van der Waals surface area contributed by atoms with Gasteiger partial charge in [0, 0.05) is 39.7 Å². The molecule has 0 bridgehead atoms. The van der Waals surface area contributed by atoms with Crippen LogP contribution in [0.4, 0.5) is 10.5 Å². The van der Waals surface area contributed by atoms with Crippen LogP contribution in [0.15, 0.2) is 65.1 Å². The van der Waals surface area contributed by atoms with Crippen LogP contribution in [0.5, 0.6) is 0 Å². The van der Waals surface area contributed by atoms with E-state index in [0.29, 0.717) is 0 Å². The largest absolute Gasteiger partial charge is 0.660 e. The van der Waals surface area contributed by atoms with Crippen molar-refractivity contribution in [1.82, 2.24) is 4.58 Å². The van der Waals surface area contributed by atoms with Crippen molar-refractivity contribution >= 4 is 28.7 Å². The van der Waals surface area contributed by atoms with Crippen molar-refractivity contribution in [2.24, 2.45) is 0 Å². The molecule has 1 aliphatic heterocycles. The van der Waals surface area contributed by atoms with Crippen LogP contribution < -0.4 is 20.1 Å². The third-order valence-corrected chi connectivity index (χ3v) is 4.89. The van der Waals surface area contributed by atoms with Gasteiger partial charge in [-0.05, 0) is 29.8 Å². The summed E-state index contributed by atoms with van der Waals surface area (Å²) in [5, 5.41) is 20.7. The Labute approximate surface area is 195 Å². The Bertz CT molecular complexity index is 1690. The van der Waals surface area contributed by atoms with E-state index < -0.39 is 33.0 Å². The van der Waals surface area contributed by atoms with Crippen LogP contribution in [0.25, 0.3) is 33.4 Å². The number of carboxylic acid groups (broad SMARTS) is 1. The van der Waals surface area contributed by atoms with E-state index in [1.54, 1.807) is 6.07 Å². The molecule has 0 atom stereocenters. The second-order valence-electron chi connectivity index (χ2n) is 6.71. The number of carbonyl (C=O) groups excluding carboxylic acids is 1. The van der Waals surface area contributed by atoms with E-state index in [-0.39, 0.29) is 59.5 Å². The van der Waals surface area contributed by atoms with Crippen molar-refractivity contribution < 1.29 is 41.6 Å². The fourth-order valence-corrected chi connectivity index (χ4v) is 3.47. The van der Waals surface area contributed by atoms with Crippen LogP contribution >= 0.6 is 0 Å². The van der Waals surface area contributed by atoms with E-state index in [1.165, 1.54) is 42.5 Å². The van der Waals surface area contributed by atoms with Crippen LogP contribution in [-0.4, -0.2) is 38.1 Å². The summed E-state index contributed by atoms with van der Waals surface area (Å²) in [7, 11) is 0.